The van der Waals surface area contributed by atoms with Crippen LogP contribution < -0.4 is 16.4 Å². The van der Waals surface area contributed by atoms with Crippen LogP contribution in [0.4, 0.5) is 11.4 Å². The van der Waals surface area contributed by atoms with E-state index in [4.69, 9.17) is 4.42 Å². The Bertz CT molecular complexity index is 4250. The highest BCUT2D eigenvalue weighted by atomic mass is 32.1. The SMILES string of the molecule is CC(C)(C)c1ccc(Nc2cc3c(cc2-c2ccc4c5cc6sc7ccccc7c6cc5n5c4c2[B]c2oc4ccc(C(C)(C)C)cc4c2-5)C(C)(C)c2cc(C(C)(c4ccccc4)c4ccccc4)ccc2-3)cc1. The second kappa shape index (κ2) is 15.7. The highest BCUT2D eigenvalue weighted by molar-refractivity contribution is 7.25. The summed E-state index contributed by atoms with van der Waals surface area (Å²) in [6, 6.07) is 68.6. The lowest BCUT2D eigenvalue weighted by molar-refractivity contribution is 0.590. The van der Waals surface area contributed by atoms with Gasteiger partial charge >= 0.3 is 0 Å². The summed E-state index contributed by atoms with van der Waals surface area (Å²) in [6.07, 6.45) is 0. The molecule has 1 aliphatic heterocycles. The molecule has 359 valence electrons. The molecule has 3 aromatic heterocycles. The van der Waals surface area contributed by atoms with E-state index in [2.05, 4.69) is 261 Å². The molecule has 4 heterocycles. The van der Waals surface area contributed by atoms with Crippen LogP contribution in [0, 0.1) is 0 Å². The van der Waals surface area contributed by atoms with Gasteiger partial charge in [-0.3, -0.25) is 0 Å². The average molecular weight is 974 g/mol. The minimum absolute atomic E-state index is 0.0277. The fourth-order valence-corrected chi connectivity index (χ4v) is 13.8. The smallest absolute Gasteiger partial charge is 0.247 e. The molecule has 0 unspecified atom stereocenters. The number of hydrogen-bond acceptors (Lipinski definition) is 3. The molecule has 0 spiro atoms. The third-order valence-corrected chi connectivity index (χ3v) is 18.1. The van der Waals surface area contributed by atoms with E-state index in [1.165, 1.54) is 97.6 Å². The molecule has 3 nitrogen and oxygen atoms in total. The van der Waals surface area contributed by atoms with Gasteiger partial charge in [0.15, 0.2) is 0 Å². The van der Waals surface area contributed by atoms with Crippen LogP contribution in [0.2, 0.25) is 0 Å². The van der Waals surface area contributed by atoms with Gasteiger partial charge in [-0.2, -0.15) is 0 Å². The van der Waals surface area contributed by atoms with Crippen LogP contribution in [0.3, 0.4) is 0 Å². The van der Waals surface area contributed by atoms with E-state index in [0.29, 0.717) is 0 Å². The summed E-state index contributed by atoms with van der Waals surface area (Å²) in [4.78, 5) is 0. The van der Waals surface area contributed by atoms with Crippen molar-refractivity contribution >= 4 is 94.1 Å². The third kappa shape index (κ3) is 6.58. The lowest BCUT2D eigenvalue weighted by atomic mass is 9.62. The molecular weight excluding hydrogens is 916 g/mol. The number of anilines is 2. The van der Waals surface area contributed by atoms with Crippen LogP contribution in [0.1, 0.15) is 101 Å². The first-order valence-corrected chi connectivity index (χ1v) is 27.0. The minimum atomic E-state index is -0.363. The van der Waals surface area contributed by atoms with Gasteiger partial charge in [-0.15, -0.1) is 11.3 Å². The van der Waals surface area contributed by atoms with Crippen LogP contribution in [0.5, 0.6) is 0 Å². The second-order valence-corrected chi connectivity index (χ2v) is 24.9. The molecule has 0 amide bonds. The number of fused-ring (bicyclic) bond motifs is 13. The molecular formula is C69H58BN2OS. The molecule has 1 aliphatic carbocycles. The second-order valence-electron chi connectivity index (χ2n) is 23.8. The Labute approximate surface area is 438 Å². The zero-order valence-corrected chi connectivity index (χ0v) is 44.5. The summed E-state index contributed by atoms with van der Waals surface area (Å²) >= 11 is 1.88. The predicted molar refractivity (Wildman–Crippen MR) is 317 cm³/mol. The van der Waals surface area contributed by atoms with E-state index in [-0.39, 0.29) is 21.7 Å². The summed E-state index contributed by atoms with van der Waals surface area (Å²) < 4.78 is 12.2. The monoisotopic (exact) mass is 973 g/mol. The number of hydrogen-bond donors (Lipinski definition) is 1. The van der Waals surface area contributed by atoms with E-state index >= 15 is 0 Å². The number of rotatable bonds is 6. The standard InChI is InChI=1S/C69H58BN2OS/c1-66(2,3)40-24-28-45(29-25-40)71-57-37-50-46-30-26-44(69(9,41-18-12-10-13-19-41)42-20-14-11-15-21-42)35-55(46)68(7,8)56(50)36-51(57)48-31-32-49-52-39-61-53(47-22-16-17-23-60(47)74-61)38-58(52)72-63(49)62(48)70-65-64(72)54-34-43(67(4,5)6)27-33-59(54)73-65/h10-39,71H,1-9H3. The largest absolute Gasteiger partial charge is 0.469 e. The quantitative estimate of drug-likeness (QED) is 0.133. The highest BCUT2D eigenvalue weighted by Crippen LogP contribution is 2.54. The van der Waals surface area contributed by atoms with Crippen molar-refractivity contribution in [1.29, 1.82) is 0 Å². The van der Waals surface area contributed by atoms with Crippen molar-refractivity contribution in [3.05, 3.63) is 221 Å². The Morgan fingerprint density at radius 3 is 1.85 bits per heavy atom. The van der Waals surface area contributed by atoms with Crippen molar-refractivity contribution in [3.8, 4) is 27.9 Å². The highest BCUT2D eigenvalue weighted by Gasteiger charge is 2.40. The molecule has 5 heteroatoms. The number of thiophene rings is 1. The summed E-state index contributed by atoms with van der Waals surface area (Å²) in [5.41, 5.74) is 21.9. The van der Waals surface area contributed by atoms with Gasteiger partial charge in [0.2, 0.25) is 7.28 Å². The van der Waals surface area contributed by atoms with Crippen molar-refractivity contribution in [2.24, 2.45) is 0 Å². The molecule has 0 bridgehead atoms. The molecule has 0 atom stereocenters. The first kappa shape index (κ1) is 45.1. The Hall–Kier alpha value is -7.60. The molecule has 0 fully saturated rings. The Morgan fingerprint density at radius 1 is 0.486 bits per heavy atom. The van der Waals surface area contributed by atoms with Gasteiger partial charge in [0.25, 0.3) is 0 Å². The topological polar surface area (TPSA) is 30.1 Å². The van der Waals surface area contributed by atoms with Crippen molar-refractivity contribution in [2.75, 3.05) is 5.32 Å². The lowest BCUT2D eigenvalue weighted by Crippen LogP contribution is -2.36. The summed E-state index contributed by atoms with van der Waals surface area (Å²) in [5, 5.41) is 10.3. The van der Waals surface area contributed by atoms with E-state index in [1.807, 2.05) is 11.3 Å². The predicted octanol–water partition coefficient (Wildman–Crippen LogP) is 17.5. The van der Waals surface area contributed by atoms with Crippen molar-refractivity contribution < 1.29 is 4.42 Å². The van der Waals surface area contributed by atoms with Crippen LogP contribution >= 0.6 is 11.3 Å². The Kier molecular flexibility index (Phi) is 9.57. The van der Waals surface area contributed by atoms with Crippen molar-refractivity contribution in [2.45, 2.75) is 84.0 Å². The number of aromatic nitrogens is 1. The van der Waals surface area contributed by atoms with E-state index < -0.39 is 0 Å². The average Bonchev–Trinajstić information content (AvgIpc) is 4.11. The Balaban J connectivity index is 1.02. The molecule has 14 rings (SSSR count). The molecule has 0 saturated carbocycles. The van der Waals surface area contributed by atoms with Gasteiger partial charge in [-0.25, -0.2) is 0 Å². The van der Waals surface area contributed by atoms with E-state index in [0.717, 1.165) is 44.7 Å². The maximum Gasteiger partial charge on any atom is 0.247 e. The fraction of sp³-hybridized carbons (Fsp3) is 0.188. The number of nitrogens with one attached hydrogen (secondary N) is 1. The van der Waals surface area contributed by atoms with Gasteiger partial charge in [-0.05, 0) is 133 Å². The lowest BCUT2D eigenvalue weighted by Gasteiger charge is -2.33. The van der Waals surface area contributed by atoms with Crippen LogP contribution in [-0.4, -0.2) is 11.8 Å². The normalized spacial score (nSPS) is 14.0. The first-order valence-electron chi connectivity index (χ1n) is 26.2. The van der Waals surface area contributed by atoms with Crippen molar-refractivity contribution in [3.63, 3.8) is 0 Å². The fourth-order valence-electron chi connectivity index (χ4n) is 12.7. The molecule has 1 N–H and O–H groups in total. The van der Waals surface area contributed by atoms with Gasteiger partial charge in [-0.1, -0.05) is 183 Å². The third-order valence-electron chi connectivity index (χ3n) is 16.9. The van der Waals surface area contributed by atoms with Crippen molar-refractivity contribution in [1.82, 2.24) is 4.57 Å². The summed E-state index contributed by atoms with van der Waals surface area (Å²) in [6.45, 7) is 20.9. The maximum absolute atomic E-state index is 7.02. The zero-order chi connectivity index (χ0) is 50.6. The van der Waals surface area contributed by atoms with Crippen LogP contribution in [-0.2, 0) is 21.7 Å². The molecule has 0 saturated heterocycles. The zero-order valence-electron chi connectivity index (χ0n) is 43.7. The van der Waals surface area contributed by atoms with Gasteiger partial charge < -0.3 is 14.3 Å². The minimum Gasteiger partial charge on any atom is -0.469 e. The number of furan rings is 1. The van der Waals surface area contributed by atoms with E-state index in [1.54, 1.807) is 0 Å². The van der Waals surface area contributed by atoms with Crippen LogP contribution in [0.25, 0.3) is 80.9 Å². The molecule has 2 aliphatic rings. The maximum atomic E-state index is 7.02. The van der Waals surface area contributed by atoms with Gasteiger partial charge in [0.05, 0.1) is 16.9 Å². The molecule has 9 aromatic carbocycles. The van der Waals surface area contributed by atoms with E-state index in [9.17, 15) is 0 Å². The number of nitrogens with zero attached hydrogens (tertiary/aromatic N) is 1. The number of benzene rings is 9. The summed E-state index contributed by atoms with van der Waals surface area (Å²) in [7, 11) is 2.34. The molecule has 12 aromatic rings. The molecule has 1 radical (unpaired) electrons. The Morgan fingerprint density at radius 2 is 1.14 bits per heavy atom. The van der Waals surface area contributed by atoms with Crippen LogP contribution in [0.15, 0.2) is 186 Å². The summed E-state index contributed by atoms with van der Waals surface area (Å²) in [5.74, 6) is 0. The van der Waals surface area contributed by atoms with Gasteiger partial charge in [0.1, 0.15) is 5.58 Å². The van der Waals surface area contributed by atoms with Gasteiger partial charge in [0, 0.05) is 69.6 Å². The first-order chi connectivity index (χ1) is 35.6. The molecule has 74 heavy (non-hydrogen) atoms.